The molecular formula is C18H32O3Si. The smallest absolute Gasteiger partial charge is 0.313 e. The minimum atomic E-state index is -1.43. The minimum Gasteiger partial charge on any atom is -0.465 e. The molecule has 0 aromatic rings. The molecule has 0 radical (unpaired) electrons. The lowest BCUT2D eigenvalue weighted by Gasteiger charge is -2.30. The van der Waals surface area contributed by atoms with Gasteiger partial charge in [0.05, 0.1) is 20.6 Å². The Hall–Kier alpha value is -0.903. The summed E-state index contributed by atoms with van der Waals surface area (Å²) in [4.78, 5) is 24.3. The van der Waals surface area contributed by atoms with Gasteiger partial charge in [0, 0.05) is 12.8 Å². The van der Waals surface area contributed by atoms with Gasteiger partial charge in [0.15, 0.2) is 0 Å². The van der Waals surface area contributed by atoms with Crippen molar-refractivity contribution in [3.05, 3.63) is 11.3 Å². The first kappa shape index (κ1) is 19.1. The molecule has 1 saturated carbocycles. The summed E-state index contributed by atoms with van der Waals surface area (Å²) in [7, 11) is -1.43. The van der Waals surface area contributed by atoms with E-state index in [9.17, 15) is 9.59 Å². The van der Waals surface area contributed by atoms with Crippen molar-refractivity contribution < 1.29 is 14.3 Å². The van der Waals surface area contributed by atoms with E-state index >= 15 is 0 Å². The van der Waals surface area contributed by atoms with Crippen LogP contribution in [0.4, 0.5) is 0 Å². The number of hydrogen-bond donors (Lipinski definition) is 0. The largest absolute Gasteiger partial charge is 0.465 e. The first-order valence-electron chi connectivity index (χ1n) is 8.65. The first-order valence-corrected chi connectivity index (χ1v) is 12.2. The molecule has 4 heteroatoms. The van der Waals surface area contributed by atoms with Crippen LogP contribution in [0.2, 0.25) is 19.6 Å². The molecule has 0 bridgehead atoms. The van der Waals surface area contributed by atoms with E-state index < -0.39 is 8.07 Å². The molecule has 3 nitrogen and oxygen atoms in total. The summed E-state index contributed by atoms with van der Waals surface area (Å²) in [5.74, 6) is -0.172. The average Bonchev–Trinajstić information content (AvgIpc) is 2.40. The molecule has 1 aliphatic rings. The van der Waals surface area contributed by atoms with Crippen molar-refractivity contribution in [2.75, 3.05) is 6.61 Å². The standard InChI is InChI=1S/C18H32O3Si/c1-6-7-8-9-10-21-18(20)16-12-15(19)11-14(2)17(16)13-22(3,4)5/h13-14,16H,6-12H2,1-5H3/b17-13+/t14-,16-/m1/s1. The molecule has 2 atom stereocenters. The van der Waals surface area contributed by atoms with Crippen LogP contribution in [0, 0.1) is 11.8 Å². The molecule has 126 valence electrons. The lowest BCUT2D eigenvalue weighted by Crippen LogP contribution is -2.33. The van der Waals surface area contributed by atoms with Crippen LogP contribution in [0.1, 0.15) is 52.4 Å². The highest BCUT2D eigenvalue weighted by atomic mass is 28.3. The van der Waals surface area contributed by atoms with Crippen molar-refractivity contribution >= 4 is 19.8 Å². The summed E-state index contributed by atoms with van der Waals surface area (Å²) >= 11 is 0. The number of unbranched alkanes of at least 4 members (excludes halogenated alkanes) is 3. The van der Waals surface area contributed by atoms with Crippen molar-refractivity contribution in [3.63, 3.8) is 0 Å². The van der Waals surface area contributed by atoms with Crippen LogP contribution in [-0.2, 0) is 14.3 Å². The number of hydrogen-bond acceptors (Lipinski definition) is 3. The normalized spacial score (nSPS) is 24.6. The van der Waals surface area contributed by atoms with Crippen molar-refractivity contribution in [2.24, 2.45) is 11.8 Å². The number of carbonyl (C=O) groups excluding carboxylic acids is 2. The summed E-state index contributed by atoms with van der Waals surface area (Å²) in [5, 5.41) is 0. The fraction of sp³-hybridized carbons (Fsp3) is 0.778. The lowest BCUT2D eigenvalue weighted by atomic mass is 9.78. The molecule has 1 fully saturated rings. The van der Waals surface area contributed by atoms with Crippen LogP contribution in [0.15, 0.2) is 11.3 Å². The Morgan fingerprint density at radius 1 is 1.23 bits per heavy atom. The predicted molar refractivity (Wildman–Crippen MR) is 93.4 cm³/mol. The van der Waals surface area contributed by atoms with E-state index in [2.05, 4.69) is 39.2 Å². The third kappa shape index (κ3) is 6.47. The molecule has 0 amide bonds. The highest BCUT2D eigenvalue weighted by Gasteiger charge is 2.36. The monoisotopic (exact) mass is 324 g/mol. The molecule has 1 aliphatic carbocycles. The number of Topliss-reactive ketones (excluding diaryl/α,β-unsaturated/α-hetero) is 1. The van der Waals surface area contributed by atoms with Gasteiger partial charge in [-0.3, -0.25) is 9.59 Å². The Morgan fingerprint density at radius 3 is 2.50 bits per heavy atom. The fourth-order valence-electron chi connectivity index (χ4n) is 3.00. The number of ether oxygens (including phenoxy) is 1. The van der Waals surface area contributed by atoms with Crippen LogP contribution in [0.3, 0.4) is 0 Å². The third-order valence-electron chi connectivity index (χ3n) is 4.06. The maximum Gasteiger partial charge on any atom is 0.313 e. The highest BCUT2D eigenvalue weighted by Crippen LogP contribution is 2.34. The average molecular weight is 325 g/mol. The van der Waals surface area contributed by atoms with E-state index in [1.54, 1.807) is 0 Å². The van der Waals surface area contributed by atoms with Gasteiger partial charge in [-0.2, -0.15) is 0 Å². The van der Waals surface area contributed by atoms with E-state index in [-0.39, 0.29) is 23.6 Å². The van der Waals surface area contributed by atoms with Gasteiger partial charge in [0.2, 0.25) is 0 Å². The SMILES string of the molecule is CCCCCCOC(=O)[C@@H]1CC(=O)C[C@@H](C)/C1=C\[Si](C)(C)C. The quantitative estimate of drug-likeness (QED) is 0.392. The second kappa shape index (κ2) is 8.66. The van der Waals surface area contributed by atoms with Gasteiger partial charge in [0.25, 0.3) is 0 Å². The van der Waals surface area contributed by atoms with Crippen molar-refractivity contribution in [2.45, 2.75) is 72.0 Å². The van der Waals surface area contributed by atoms with E-state index in [1.807, 2.05) is 0 Å². The molecule has 0 aliphatic heterocycles. The molecule has 1 rings (SSSR count). The zero-order valence-corrected chi connectivity index (χ0v) is 15.9. The molecule has 0 aromatic heterocycles. The van der Waals surface area contributed by atoms with Crippen LogP contribution in [-0.4, -0.2) is 26.4 Å². The minimum absolute atomic E-state index is 0.172. The van der Waals surface area contributed by atoms with Gasteiger partial charge < -0.3 is 4.74 Å². The van der Waals surface area contributed by atoms with Gasteiger partial charge in [-0.05, 0) is 12.3 Å². The van der Waals surface area contributed by atoms with Crippen molar-refractivity contribution in [3.8, 4) is 0 Å². The van der Waals surface area contributed by atoms with E-state index in [0.29, 0.717) is 19.4 Å². The Labute approximate surface area is 136 Å². The Morgan fingerprint density at radius 2 is 1.91 bits per heavy atom. The molecule has 0 aromatic carbocycles. The first-order chi connectivity index (χ1) is 10.2. The number of carbonyl (C=O) groups is 2. The van der Waals surface area contributed by atoms with Crippen molar-refractivity contribution in [1.29, 1.82) is 0 Å². The second-order valence-electron chi connectivity index (χ2n) is 7.64. The van der Waals surface area contributed by atoms with Crippen LogP contribution in [0.25, 0.3) is 0 Å². The topological polar surface area (TPSA) is 43.4 Å². The summed E-state index contributed by atoms with van der Waals surface area (Å²) in [5.41, 5.74) is 3.45. The molecular weight excluding hydrogens is 292 g/mol. The zero-order chi connectivity index (χ0) is 16.8. The number of ketones is 1. The summed E-state index contributed by atoms with van der Waals surface area (Å²) in [6.45, 7) is 11.5. The molecule has 22 heavy (non-hydrogen) atoms. The van der Waals surface area contributed by atoms with Gasteiger partial charge in [-0.15, -0.1) is 0 Å². The van der Waals surface area contributed by atoms with Gasteiger partial charge >= 0.3 is 5.97 Å². The van der Waals surface area contributed by atoms with Crippen molar-refractivity contribution in [1.82, 2.24) is 0 Å². The van der Waals surface area contributed by atoms with Crippen LogP contribution < -0.4 is 0 Å². The molecule has 0 unspecified atom stereocenters. The van der Waals surface area contributed by atoms with Gasteiger partial charge in [-0.1, -0.05) is 64.0 Å². The molecule has 0 N–H and O–H groups in total. The summed E-state index contributed by atoms with van der Waals surface area (Å²) < 4.78 is 5.45. The number of rotatable bonds is 7. The van der Waals surface area contributed by atoms with Crippen LogP contribution in [0.5, 0.6) is 0 Å². The van der Waals surface area contributed by atoms with E-state index in [4.69, 9.17) is 4.74 Å². The lowest BCUT2D eigenvalue weighted by molar-refractivity contribution is -0.149. The maximum atomic E-state index is 12.4. The Bertz CT molecular complexity index is 421. The highest BCUT2D eigenvalue weighted by molar-refractivity contribution is 6.81. The Kier molecular flexibility index (Phi) is 7.53. The van der Waals surface area contributed by atoms with Crippen LogP contribution >= 0.6 is 0 Å². The third-order valence-corrected chi connectivity index (χ3v) is 5.26. The van der Waals surface area contributed by atoms with E-state index in [1.165, 1.54) is 12.8 Å². The van der Waals surface area contributed by atoms with Gasteiger partial charge in [-0.25, -0.2) is 0 Å². The molecule has 0 saturated heterocycles. The molecule has 0 heterocycles. The zero-order valence-electron chi connectivity index (χ0n) is 14.9. The number of esters is 1. The maximum absolute atomic E-state index is 12.4. The molecule has 0 spiro atoms. The fourth-order valence-corrected chi connectivity index (χ4v) is 4.48. The summed E-state index contributed by atoms with van der Waals surface area (Å²) in [6.07, 6.45) is 5.26. The second-order valence-corrected chi connectivity index (χ2v) is 12.7. The Balaban J connectivity index is 2.71. The summed E-state index contributed by atoms with van der Waals surface area (Å²) in [6, 6.07) is 0. The van der Waals surface area contributed by atoms with E-state index in [0.717, 1.165) is 18.4 Å². The predicted octanol–water partition coefficient (Wildman–Crippen LogP) is 4.53. The van der Waals surface area contributed by atoms with Gasteiger partial charge in [0.1, 0.15) is 5.78 Å².